The lowest BCUT2D eigenvalue weighted by Gasteiger charge is -2.09. The van der Waals surface area contributed by atoms with Gasteiger partial charge in [0, 0.05) is 12.7 Å². The molecule has 0 heterocycles. The minimum absolute atomic E-state index is 0.0934. The van der Waals surface area contributed by atoms with Gasteiger partial charge in [0.1, 0.15) is 10.6 Å². The Balaban J connectivity index is 2.89. The van der Waals surface area contributed by atoms with Crippen molar-refractivity contribution >= 4 is 15.8 Å². The van der Waals surface area contributed by atoms with Crippen molar-refractivity contribution in [3.8, 4) is 5.75 Å². The molecule has 0 amide bonds. The summed E-state index contributed by atoms with van der Waals surface area (Å²) in [5.41, 5.74) is 0.862. The summed E-state index contributed by atoms with van der Waals surface area (Å²) in [4.78, 5) is 10.5. The lowest BCUT2D eigenvalue weighted by molar-refractivity contribution is -0.137. The van der Waals surface area contributed by atoms with E-state index in [2.05, 4.69) is 0 Å². The molecule has 0 radical (unpaired) electrons. The van der Waals surface area contributed by atoms with E-state index >= 15 is 0 Å². The number of carboxylic acids is 1. The van der Waals surface area contributed by atoms with Crippen LogP contribution in [0, 0.1) is 0 Å². The van der Waals surface area contributed by atoms with Crippen molar-refractivity contribution in [2.24, 2.45) is 0 Å². The molecule has 5 nitrogen and oxygen atoms in total. The Kier molecular flexibility index (Phi) is 4.72. The fourth-order valence-corrected chi connectivity index (χ4v) is 2.44. The Labute approximate surface area is 106 Å². The molecule has 0 aliphatic heterocycles. The van der Waals surface area contributed by atoms with Crippen LogP contribution in [-0.4, -0.2) is 32.9 Å². The molecule has 0 aromatic heterocycles. The fraction of sp³-hybridized carbons (Fsp3) is 0.417. The van der Waals surface area contributed by atoms with Gasteiger partial charge in [0.05, 0.1) is 7.11 Å². The molecule has 0 bridgehead atoms. The zero-order valence-corrected chi connectivity index (χ0v) is 11.2. The molecule has 0 spiro atoms. The first-order valence-corrected chi connectivity index (χ1v) is 7.32. The predicted octanol–water partition coefficient (Wildman–Crippen LogP) is 1.51. The van der Waals surface area contributed by atoms with Gasteiger partial charge in [0.15, 0.2) is 9.84 Å². The maximum Gasteiger partial charge on any atom is 0.303 e. The maximum absolute atomic E-state index is 11.5. The van der Waals surface area contributed by atoms with E-state index in [1.165, 1.54) is 13.2 Å². The molecular weight excluding hydrogens is 256 g/mol. The molecule has 1 N–H and O–H groups in total. The Morgan fingerprint density at radius 3 is 2.56 bits per heavy atom. The third-order valence-electron chi connectivity index (χ3n) is 2.48. The van der Waals surface area contributed by atoms with E-state index in [0.29, 0.717) is 18.6 Å². The average molecular weight is 272 g/mol. The summed E-state index contributed by atoms with van der Waals surface area (Å²) in [6, 6.07) is 4.81. The molecule has 1 aromatic rings. The monoisotopic (exact) mass is 272 g/mol. The number of ether oxygens (including phenoxy) is 1. The molecule has 0 unspecified atom stereocenters. The van der Waals surface area contributed by atoms with E-state index in [1.54, 1.807) is 12.1 Å². The second kappa shape index (κ2) is 5.86. The minimum Gasteiger partial charge on any atom is -0.495 e. The largest absolute Gasteiger partial charge is 0.495 e. The molecule has 6 heteroatoms. The molecular formula is C12H16O5S. The molecule has 0 saturated carbocycles. The van der Waals surface area contributed by atoms with Crippen LogP contribution in [0.4, 0.5) is 0 Å². The van der Waals surface area contributed by atoms with Crippen LogP contribution in [0.3, 0.4) is 0 Å². The van der Waals surface area contributed by atoms with Gasteiger partial charge in [0.25, 0.3) is 0 Å². The Morgan fingerprint density at radius 1 is 1.39 bits per heavy atom. The molecule has 18 heavy (non-hydrogen) atoms. The smallest absolute Gasteiger partial charge is 0.303 e. The first-order valence-electron chi connectivity index (χ1n) is 5.43. The maximum atomic E-state index is 11.5. The molecule has 0 fully saturated rings. The van der Waals surface area contributed by atoms with Crippen LogP contribution in [0.15, 0.2) is 23.1 Å². The zero-order chi connectivity index (χ0) is 13.8. The van der Waals surface area contributed by atoms with Gasteiger partial charge in [-0.25, -0.2) is 8.42 Å². The van der Waals surface area contributed by atoms with Crippen molar-refractivity contribution in [2.45, 2.75) is 24.2 Å². The first-order chi connectivity index (χ1) is 8.34. The predicted molar refractivity (Wildman–Crippen MR) is 66.7 cm³/mol. The number of carboxylic acid groups (broad SMARTS) is 1. The van der Waals surface area contributed by atoms with Crippen LogP contribution in [0.2, 0.25) is 0 Å². The van der Waals surface area contributed by atoms with Crippen LogP contribution in [0.5, 0.6) is 5.75 Å². The van der Waals surface area contributed by atoms with Crippen molar-refractivity contribution in [1.29, 1.82) is 0 Å². The number of hydrogen-bond donors (Lipinski definition) is 1. The van der Waals surface area contributed by atoms with Crippen molar-refractivity contribution in [1.82, 2.24) is 0 Å². The van der Waals surface area contributed by atoms with Crippen molar-refractivity contribution < 1.29 is 23.1 Å². The summed E-state index contributed by atoms with van der Waals surface area (Å²) < 4.78 is 28.0. The average Bonchev–Trinajstić information content (AvgIpc) is 2.26. The zero-order valence-electron chi connectivity index (χ0n) is 10.3. The topological polar surface area (TPSA) is 80.7 Å². The normalized spacial score (nSPS) is 11.2. The van der Waals surface area contributed by atoms with Crippen LogP contribution in [-0.2, 0) is 21.1 Å². The number of rotatable bonds is 6. The Morgan fingerprint density at radius 2 is 2.06 bits per heavy atom. The van der Waals surface area contributed by atoms with Gasteiger partial charge in [-0.2, -0.15) is 0 Å². The quantitative estimate of drug-likeness (QED) is 0.849. The molecule has 0 saturated heterocycles. The second-order valence-electron chi connectivity index (χ2n) is 4.00. The summed E-state index contributed by atoms with van der Waals surface area (Å²) in [6.45, 7) is 0. The molecule has 1 rings (SSSR count). The molecule has 0 aliphatic rings. The van der Waals surface area contributed by atoms with E-state index < -0.39 is 15.8 Å². The minimum atomic E-state index is -3.32. The van der Waals surface area contributed by atoms with E-state index in [-0.39, 0.29) is 11.3 Å². The summed E-state index contributed by atoms with van der Waals surface area (Å²) in [5, 5.41) is 8.54. The number of aryl methyl sites for hydroxylation is 1. The lowest BCUT2D eigenvalue weighted by atomic mass is 10.1. The second-order valence-corrected chi connectivity index (χ2v) is 5.99. The van der Waals surface area contributed by atoms with Gasteiger partial charge in [-0.05, 0) is 30.5 Å². The van der Waals surface area contributed by atoms with Gasteiger partial charge in [-0.15, -0.1) is 0 Å². The number of aliphatic carboxylic acids is 1. The molecule has 0 aliphatic carbocycles. The third-order valence-corrected chi connectivity index (χ3v) is 3.62. The Hall–Kier alpha value is -1.56. The van der Waals surface area contributed by atoms with Gasteiger partial charge < -0.3 is 9.84 Å². The van der Waals surface area contributed by atoms with Gasteiger partial charge in [-0.1, -0.05) is 6.07 Å². The molecule has 1 aromatic carbocycles. The molecule has 100 valence electrons. The SMILES string of the molecule is COc1cc(CCCC(=O)O)ccc1S(C)(=O)=O. The Bertz CT molecular complexity index is 533. The van der Waals surface area contributed by atoms with E-state index in [0.717, 1.165) is 11.8 Å². The fourth-order valence-electron chi connectivity index (χ4n) is 1.62. The summed E-state index contributed by atoms with van der Waals surface area (Å²) >= 11 is 0. The highest BCUT2D eigenvalue weighted by Gasteiger charge is 2.14. The summed E-state index contributed by atoms with van der Waals surface area (Å²) in [7, 11) is -1.91. The van der Waals surface area contributed by atoms with Crippen LogP contribution in [0.25, 0.3) is 0 Å². The highest BCUT2D eigenvalue weighted by molar-refractivity contribution is 7.90. The summed E-state index contributed by atoms with van der Waals surface area (Å²) in [5.74, 6) is -0.542. The third kappa shape index (κ3) is 4.03. The van der Waals surface area contributed by atoms with Crippen LogP contribution in [0.1, 0.15) is 18.4 Å². The van der Waals surface area contributed by atoms with E-state index in [1.807, 2.05) is 0 Å². The number of benzene rings is 1. The lowest BCUT2D eigenvalue weighted by Crippen LogP contribution is -2.02. The number of carbonyl (C=O) groups is 1. The standard InChI is InChI=1S/C12H16O5S/c1-17-10-8-9(4-3-5-12(13)14)6-7-11(10)18(2,15)16/h6-8H,3-5H2,1-2H3,(H,13,14). The first kappa shape index (κ1) is 14.5. The highest BCUT2D eigenvalue weighted by atomic mass is 32.2. The van der Waals surface area contributed by atoms with Gasteiger partial charge >= 0.3 is 5.97 Å². The van der Waals surface area contributed by atoms with Crippen molar-refractivity contribution in [3.63, 3.8) is 0 Å². The van der Waals surface area contributed by atoms with E-state index in [4.69, 9.17) is 9.84 Å². The molecule has 0 atom stereocenters. The van der Waals surface area contributed by atoms with Crippen molar-refractivity contribution in [3.05, 3.63) is 23.8 Å². The summed E-state index contributed by atoms with van der Waals surface area (Å²) in [6.07, 6.45) is 2.30. The van der Waals surface area contributed by atoms with Crippen LogP contribution < -0.4 is 4.74 Å². The number of sulfone groups is 1. The van der Waals surface area contributed by atoms with E-state index in [9.17, 15) is 13.2 Å². The van der Waals surface area contributed by atoms with Gasteiger partial charge in [-0.3, -0.25) is 4.79 Å². The van der Waals surface area contributed by atoms with Crippen LogP contribution >= 0.6 is 0 Å². The van der Waals surface area contributed by atoms with Gasteiger partial charge in [0.2, 0.25) is 0 Å². The number of hydrogen-bond acceptors (Lipinski definition) is 4. The van der Waals surface area contributed by atoms with Crippen molar-refractivity contribution in [2.75, 3.05) is 13.4 Å². The highest BCUT2D eigenvalue weighted by Crippen LogP contribution is 2.25. The number of methoxy groups -OCH3 is 1.